The van der Waals surface area contributed by atoms with Gasteiger partial charge in [-0.1, -0.05) is 85.0 Å². The molecule has 1 saturated heterocycles. The third-order valence-electron chi connectivity index (χ3n) is 5.51. The van der Waals surface area contributed by atoms with Gasteiger partial charge in [0.15, 0.2) is 0 Å². The van der Waals surface area contributed by atoms with Crippen LogP contribution in [0.25, 0.3) is 0 Å². The van der Waals surface area contributed by atoms with Crippen LogP contribution >= 0.6 is 0 Å². The van der Waals surface area contributed by atoms with Gasteiger partial charge >= 0.3 is 0 Å². The van der Waals surface area contributed by atoms with Crippen molar-refractivity contribution in [1.82, 2.24) is 9.21 Å². The Labute approximate surface area is 167 Å². The fourth-order valence-electron chi connectivity index (χ4n) is 4.29. The van der Waals surface area contributed by atoms with Crippen molar-refractivity contribution in [2.45, 2.75) is 24.5 Å². The highest BCUT2D eigenvalue weighted by Crippen LogP contribution is 2.35. The average Bonchev–Trinajstić information content (AvgIpc) is 2.67. The van der Waals surface area contributed by atoms with E-state index < -0.39 is 10.0 Å². The first kappa shape index (κ1) is 19.1. The molecule has 2 aromatic carbocycles. The maximum Gasteiger partial charge on any atom is 0.212 e. The van der Waals surface area contributed by atoms with Crippen LogP contribution < -0.4 is 0 Å². The van der Waals surface area contributed by atoms with Gasteiger partial charge in [0.2, 0.25) is 10.0 Å². The molecule has 1 heterocycles. The minimum atomic E-state index is -3.28. The third kappa shape index (κ3) is 3.97. The zero-order valence-corrected chi connectivity index (χ0v) is 16.9. The monoisotopic (exact) mass is 394 g/mol. The molecule has 146 valence electrons. The Kier molecular flexibility index (Phi) is 5.49. The fourth-order valence-corrected chi connectivity index (χ4v) is 5.61. The van der Waals surface area contributed by atoms with Crippen molar-refractivity contribution < 1.29 is 8.42 Å². The molecule has 0 spiro atoms. The summed E-state index contributed by atoms with van der Waals surface area (Å²) in [4.78, 5) is 2.37. The van der Waals surface area contributed by atoms with Crippen molar-refractivity contribution >= 4 is 10.0 Å². The van der Waals surface area contributed by atoms with Gasteiger partial charge < -0.3 is 0 Å². The standard InChI is InChI=1S/C23H26N2O2S/c1-28(26,27)25(21-15-9-4-10-16-21)22-17-24(18-22)23(19-11-5-2-6-12-19)20-13-7-3-8-14-20/h2-15,21-23H,16-18H2,1H3. The van der Waals surface area contributed by atoms with Crippen molar-refractivity contribution in [3.8, 4) is 0 Å². The van der Waals surface area contributed by atoms with E-state index in [4.69, 9.17) is 0 Å². The molecule has 0 radical (unpaired) electrons. The Morgan fingerprint density at radius 3 is 1.96 bits per heavy atom. The van der Waals surface area contributed by atoms with Crippen LogP contribution in [-0.4, -0.2) is 49.1 Å². The molecule has 0 saturated carbocycles. The van der Waals surface area contributed by atoms with Crippen molar-refractivity contribution in [2.75, 3.05) is 19.3 Å². The van der Waals surface area contributed by atoms with E-state index in [-0.39, 0.29) is 18.1 Å². The molecule has 4 nitrogen and oxygen atoms in total. The second kappa shape index (κ2) is 8.03. The lowest BCUT2D eigenvalue weighted by molar-refractivity contribution is 0.0447. The summed E-state index contributed by atoms with van der Waals surface area (Å²) in [6.07, 6.45) is 10.0. The smallest absolute Gasteiger partial charge is 0.212 e. The molecule has 2 aromatic rings. The predicted molar refractivity (Wildman–Crippen MR) is 113 cm³/mol. The highest BCUT2D eigenvalue weighted by Gasteiger charge is 2.42. The lowest BCUT2D eigenvalue weighted by Gasteiger charge is -2.49. The van der Waals surface area contributed by atoms with E-state index in [1.807, 2.05) is 36.4 Å². The number of hydrogen-bond donors (Lipinski definition) is 0. The molecule has 5 heteroatoms. The highest BCUT2D eigenvalue weighted by atomic mass is 32.2. The number of sulfonamides is 1. The van der Waals surface area contributed by atoms with Crippen LogP contribution in [0.5, 0.6) is 0 Å². The number of rotatable bonds is 6. The van der Waals surface area contributed by atoms with Gasteiger partial charge in [0.05, 0.1) is 18.3 Å². The molecule has 1 unspecified atom stereocenters. The molecule has 4 rings (SSSR count). The molecule has 28 heavy (non-hydrogen) atoms. The van der Waals surface area contributed by atoms with Crippen LogP contribution in [0.3, 0.4) is 0 Å². The van der Waals surface area contributed by atoms with Gasteiger partial charge in [-0.05, 0) is 17.5 Å². The lowest BCUT2D eigenvalue weighted by atomic mass is 9.92. The van der Waals surface area contributed by atoms with Crippen LogP contribution in [0, 0.1) is 0 Å². The number of likely N-dealkylation sites (tertiary alicyclic amines) is 1. The first-order chi connectivity index (χ1) is 13.5. The molecule has 0 amide bonds. The van der Waals surface area contributed by atoms with Gasteiger partial charge in [-0.2, -0.15) is 4.31 Å². The summed E-state index contributed by atoms with van der Waals surface area (Å²) in [5.41, 5.74) is 2.47. The summed E-state index contributed by atoms with van der Waals surface area (Å²) in [7, 11) is -3.28. The lowest BCUT2D eigenvalue weighted by Crippen LogP contribution is -2.63. The molecule has 0 aromatic heterocycles. The van der Waals surface area contributed by atoms with E-state index in [0.29, 0.717) is 0 Å². The van der Waals surface area contributed by atoms with E-state index in [9.17, 15) is 8.42 Å². The summed E-state index contributed by atoms with van der Waals surface area (Å²) in [5, 5.41) is 0. The highest BCUT2D eigenvalue weighted by molar-refractivity contribution is 7.88. The van der Waals surface area contributed by atoms with Crippen molar-refractivity contribution in [3.63, 3.8) is 0 Å². The summed E-state index contributed by atoms with van der Waals surface area (Å²) in [5.74, 6) is 0. The largest absolute Gasteiger partial charge is 0.289 e. The van der Waals surface area contributed by atoms with E-state index in [0.717, 1.165) is 19.5 Å². The minimum absolute atomic E-state index is 0.00562. The minimum Gasteiger partial charge on any atom is -0.289 e. The normalized spacial score (nSPS) is 20.6. The van der Waals surface area contributed by atoms with Crippen LogP contribution in [0.2, 0.25) is 0 Å². The van der Waals surface area contributed by atoms with Crippen molar-refractivity contribution in [1.29, 1.82) is 0 Å². The van der Waals surface area contributed by atoms with Gasteiger partial charge in [-0.15, -0.1) is 0 Å². The van der Waals surface area contributed by atoms with Gasteiger partial charge in [0.1, 0.15) is 0 Å². The maximum absolute atomic E-state index is 12.5. The van der Waals surface area contributed by atoms with Gasteiger partial charge in [0.25, 0.3) is 0 Å². The van der Waals surface area contributed by atoms with E-state index in [1.165, 1.54) is 17.4 Å². The van der Waals surface area contributed by atoms with E-state index in [2.05, 4.69) is 53.4 Å². The Morgan fingerprint density at radius 2 is 1.50 bits per heavy atom. The number of benzene rings is 2. The fraction of sp³-hybridized carbons (Fsp3) is 0.304. The zero-order valence-electron chi connectivity index (χ0n) is 16.1. The Morgan fingerprint density at radius 1 is 0.929 bits per heavy atom. The maximum atomic E-state index is 12.5. The topological polar surface area (TPSA) is 40.6 Å². The molecule has 1 aliphatic heterocycles. The molecular weight excluding hydrogens is 368 g/mol. The zero-order chi connectivity index (χ0) is 19.6. The summed E-state index contributed by atoms with van der Waals surface area (Å²) in [6, 6.07) is 20.9. The van der Waals surface area contributed by atoms with E-state index in [1.54, 1.807) is 4.31 Å². The van der Waals surface area contributed by atoms with Crippen molar-refractivity contribution in [2.24, 2.45) is 0 Å². The first-order valence-corrected chi connectivity index (χ1v) is 11.5. The Balaban J connectivity index is 1.57. The Bertz CT molecular complexity index is 909. The summed E-state index contributed by atoms with van der Waals surface area (Å²) >= 11 is 0. The molecule has 1 fully saturated rings. The molecule has 2 aliphatic rings. The third-order valence-corrected chi connectivity index (χ3v) is 6.85. The van der Waals surface area contributed by atoms with E-state index >= 15 is 0 Å². The molecule has 1 aliphatic carbocycles. The summed E-state index contributed by atoms with van der Waals surface area (Å²) in [6.45, 7) is 1.46. The number of hydrogen-bond acceptors (Lipinski definition) is 3. The second-order valence-electron chi connectivity index (χ2n) is 7.54. The molecule has 0 N–H and O–H groups in total. The van der Waals surface area contributed by atoms with Crippen LogP contribution in [0.4, 0.5) is 0 Å². The second-order valence-corrected chi connectivity index (χ2v) is 9.43. The summed E-state index contributed by atoms with van der Waals surface area (Å²) < 4.78 is 26.8. The van der Waals surface area contributed by atoms with Crippen molar-refractivity contribution in [3.05, 3.63) is 96.1 Å². The number of allylic oxidation sites excluding steroid dienone is 2. The average molecular weight is 395 g/mol. The first-order valence-electron chi connectivity index (χ1n) is 9.70. The molecular formula is C23H26N2O2S. The Hall–Kier alpha value is -2.21. The van der Waals surface area contributed by atoms with Crippen LogP contribution in [0.15, 0.2) is 85.0 Å². The van der Waals surface area contributed by atoms with Gasteiger partial charge in [-0.25, -0.2) is 8.42 Å². The van der Waals surface area contributed by atoms with Crippen LogP contribution in [0.1, 0.15) is 23.6 Å². The van der Waals surface area contributed by atoms with Crippen LogP contribution in [-0.2, 0) is 10.0 Å². The molecule has 1 atom stereocenters. The molecule has 0 bridgehead atoms. The van der Waals surface area contributed by atoms with Gasteiger partial charge in [-0.3, -0.25) is 4.90 Å². The predicted octanol–water partition coefficient (Wildman–Crippen LogP) is 3.61. The van der Waals surface area contributed by atoms with Gasteiger partial charge in [0, 0.05) is 19.1 Å². The number of nitrogens with zero attached hydrogens (tertiary/aromatic N) is 2. The SMILES string of the molecule is CS(=O)(=O)N(C1C=CC=CC1)C1CN(C(c2ccccc2)c2ccccc2)C1. The quantitative estimate of drug-likeness (QED) is 0.752.